The van der Waals surface area contributed by atoms with Gasteiger partial charge in [0.15, 0.2) is 0 Å². The summed E-state index contributed by atoms with van der Waals surface area (Å²) in [4.78, 5) is 13.1. The van der Waals surface area contributed by atoms with Crippen LogP contribution < -0.4 is 10.6 Å². The van der Waals surface area contributed by atoms with Crippen LogP contribution in [-0.2, 0) is 20.4 Å². The molecule has 24 heavy (non-hydrogen) atoms. The number of rotatable bonds is 4. The molecule has 9 heteroatoms. The van der Waals surface area contributed by atoms with Crippen LogP contribution in [0.25, 0.3) is 0 Å². The predicted molar refractivity (Wildman–Crippen MR) is 89.9 cm³/mol. The molecule has 0 saturated carbocycles. The quantitative estimate of drug-likeness (QED) is 0.759. The summed E-state index contributed by atoms with van der Waals surface area (Å²) >= 11 is 0. The third-order valence-corrected chi connectivity index (χ3v) is 6.25. The Bertz CT molecular complexity index is 667. The maximum Gasteiger partial charge on any atom is 0.248 e. The van der Waals surface area contributed by atoms with E-state index in [0.29, 0.717) is 25.9 Å². The molecule has 2 saturated heterocycles. The van der Waals surface area contributed by atoms with Gasteiger partial charge in [-0.1, -0.05) is 0 Å². The van der Waals surface area contributed by atoms with Crippen molar-refractivity contribution < 1.29 is 13.2 Å². The van der Waals surface area contributed by atoms with E-state index in [1.165, 1.54) is 10.6 Å². The van der Waals surface area contributed by atoms with Gasteiger partial charge < -0.3 is 10.6 Å². The summed E-state index contributed by atoms with van der Waals surface area (Å²) in [6, 6.07) is 1.67. The van der Waals surface area contributed by atoms with E-state index in [9.17, 15) is 13.2 Å². The largest absolute Gasteiger partial charge is 0.350 e. The minimum absolute atomic E-state index is 0.0620. The Hall–Kier alpha value is -1.45. The summed E-state index contributed by atoms with van der Waals surface area (Å²) < 4.78 is 26.7. The van der Waals surface area contributed by atoms with Gasteiger partial charge in [-0.05, 0) is 44.8 Å². The molecule has 3 rings (SSSR count). The molecule has 3 heterocycles. The van der Waals surface area contributed by atoms with Crippen LogP contribution in [0.5, 0.6) is 0 Å². The average Bonchev–Trinajstić information content (AvgIpc) is 3.10. The molecule has 1 aromatic heterocycles. The lowest BCUT2D eigenvalue weighted by Gasteiger charge is -2.39. The van der Waals surface area contributed by atoms with E-state index in [1.807, 2.05) is 12.3 Å². The second-order valence-corrected chi connectivity index (χ2v) is 8.65. The minimum atomic E-state index is -3.22. The van der Waals surface area contributed by atoms with Crippen LogP contribution in [0.1, 0.15) is 25.7 Å². The monoisotopic (exact) mass is 355 g/mol. The smallest absolute Gasteiger partial charge is 0.248 e. The van der Waals surface area contributed by atoms with Crippen molar-refractivity contribution in [3.8, 4) is 0 Å². The molecule has 0 aliphatic carbocycles. The van der Waals surface area contributed by atoms with Gasteiger partial charge in [0, 0.05) is 31.5 Å². The van der Waals surface area contributed by atoms with Crippen molar-refractivity contribution in [2.24, 2.45) is 0 Å². The number of piperidine rings is 2. The van der Waals surface area contributed by atoms with Crippen molar-refractivity contribution in [1.82, 2.24) is 24.7 Å². The van der Waals surface area contributed by atoms with E-state index in [-0.39, 0.29) is 11.9 Å². The molecule has 1 unspecified atom stereocenters. The Morgan fingerprint density at radius 2 is 2.12 bits per heavy atom. The van der Waals surface area contributed by atoms with Crippen LogP contribution >= 0.6 is 0 Å². The Kier molecular flexibility index (Phi) is 4.93. The normalized spacial score (nSPS) is 25.3. The third kappa shape index (κ3) is 3.47. The number of nitrogens with one attached hydrogen (secondary N) is 2. The van der Waals surface area contributed by atoms with E-state index in [1.54, 1.807) is 10.9 Å². The van der Waals surface area contributed by atoms with Gasteiger partial charge >= 0.3 is 0 Å². The number of hydrogen-bond donors (Lipinski definition) is 2. The summed E-state index contributed by atoms with van der Waals surface area (Å²) in [6.45, 7) is 2.39. The summed E-state index contributed by atoms with van der Waals surface area (Å²) in [6.07, 6.45) is 7.62. The Morgan fingerprint density at radius 1 is 1.38 bits per heavy atom. The maximum absolute atomic E-state index is 13.1. The molecule has 2 aliphatic rings. The lowest BCUT2D eigenvalue weighted by molar-refractivity contribution is -0.133. The summed E-state index contributed by atoms with van der Waals surface area (Å²) in [5, 5.41) is 10.7. The van der Waals surface area contributed by atoms with E-state index in [4.69, 9.17) is 0 Å². The first-order valence-electron chi connectivity index (χ1n) is 8.39. The van der Waals surface area contributed by atoms with Crippen LogP contribution in [0, 0.1) is 0 Å². The molecule has 0 aromatic carbocycles. The van der Waals surface area contributed by atoms with Crippen LogP contribution in [0.3, 0.4) is 0 Å². The number of amides is 1. The lowest BCUT2D eigenvalue weighted by atomic mass is 9.87. The molecule has 2 fully saturated rings. The van der Waals surface area contributed by atoms with Crippen LogP contribution in [-0.4, -0.2) is 66.9 Å². The number of aromatic nitrogens is 2. The summed E-state index contributed by atoms with van der Waals surface area (Å²) in [7, 11) is -3.22. The minimum Gasteiger partial charge on any atom is -0.350 e. The van der Waals surface area contributed by atoms with Gasteiger partial charge in [0.1, 0.15) is 5.54 Å². The molecule has 0 radical (unpaired) electrons. The van der Waals surface area contributed by atoms with Crippen molar-refractivity contribution in [2.75, 3.05) is 32.4 Å². The number of carbonyl (C=O) groups is 1. The van der Waals surface area contributed by atoms with E-state index >= 15 is 0 Å². The highest BCUT2D eigenvalue weighted by molar-refractivity contribution is 7.88. The van der Waals surface area contributed by atoms with E-state index < -0.39 is 15.6 Å². The molecular weight excluding hydrogens is 330 g/mol. The van der Waals surface area contributed by atoms with Crippen LogP contribution in [0.4, 0.5) is 0 Å². The van der Waals surface area contributed by atoms with E-state index in [2.05, 4.69) is 15.7 Å². The summed E-state index contributed by atoms with van der Waals surface area (Å²) in [5.41, 5.74) is -0.692. The zero-order chi connectivity index (χ0) is 17.2. The molecule has 1 aromatic rings. The van der Waals surface area contributed by atoms with Crippen molar-refractivity contribution in [3.05, 3.63) is 18.5 Å². The van der Waals surface area contributed by atoms with Crippen LogP contribution in [0.2, 0.25) is 0 Å². The van der Waals surface area contributed by atoms with Crippen LogP contribution in [0.15, 0.2) is 18.5 Å². The van der Waals surface area contributed by atoms with Gasteiger partial charge in [0.05, 0.1) is 6.26 Å². The zero-order valence-corrected chi connectivity index (χ0v) is 14.8. The lowest BCUT2D eigenvalue weighted by Crippen LogP contribution is -2.58. The van der Waals surface area contributed by atoms with Crippen molar-refractivity contribution in [1.29, 1.82) is 0 Å². The third-order valence-electron chi connectivity index (χ3n) is 4.98. The summed E-state index contributed by atoms with van der Waals surface area (Å²) in [5.74, 6) is -0.0620. The highest BCUT2D eigenvalue weighted by atomic mass is 32.2. The molecule has 8 nitrogen and oxygen atoms in total. The fraction of sp³-hybridized carbons (Fsp3) is 0.733. The number of sulfonamides is 1. The average molecular weight is 355 g/mol. The molecule has 1 atom stereocenters. The number of hydrogen-bond acceptors (Lipinski definition) is 5. The zero-order valence-electron chi connectivity index (χ0n) is 13.9. The molecule has 134 valence electrons. The van der Waals surface area contributed by atoms with Crippen molar-refractivity contribution in [2.45, 2.75) is 37.3 Å². The van der Waals surface area contributed by atoms with Gasteiger partial charge in [0.25, 0.3) is 0 Å². The predicted octanol–water partition coefficient (Wildman–Crippen LogP) is -0.498. The molecular formula is C15H25N5O3S. The van der Waals surface area contributed by atoms with Gasteiger partial charge in [-0.15, -0.1) is 0 Å². The first kappa shape index (κ1) is 17.4. The first-order valence-corrected chi connectivity index (χ1v) is 10.2. The van der Waals surface area contributed by atoms with E-state index in [0.717, 1.165) is 25.9 Å². The van der Waals surface area contributed by atoms with Gasteiger partial charge in [-0.2, -0.15) is 5.10 Å². The molecule has 2 N–H and O–H groups in total. The second-order valence-electron chi connectivity index (χ2n) is 6.67. The van der Waals surface area contributed by atoms with Crippen molar-refractivity contribution in [3.63, 3.8) is 0 Å². The highest BCUT2D eigenvalue weighted by Gasteiger charge is 2.43. The molecule has 1 amide bonds. The Labute approximate surface area is 142 Å². The van der Waals surface area contributed by atoms with Gasteiger partial charge in [-0.3, -0.25) is 9.48 Å². The highest BCUT2D eigenvalue weighted by Crippen LogP contribution is 2.28. The SMILES string of the molecule is CS(=O)(=O)N1CCCC(NC(=O)C2(n3cccn3)CCNCC2)C1. The van der Waals surface area contributed by atoms with Crippen molar-refractivity contribution >= 4 is 15.9 Å². The fourth-order valence-electron chi connectivity index (χ4n) is 3.60. The second kappa shape index (κ2) is 6.81. The van der Waals surface area contributed by atoms with Gasteiger partial charge in [0.2, 0.25) is 15.9 Å². The maximum atomic E-state index is 13.1. The molecule has 0 bridgehead atoms. The standard InChI is InChI=1S/C15H25N5O3S/c1-24(22,23)19-10-2-4-13(12-19)18-14(21)15(5-8-16-9-6-15)20-11-3-7-17-20/h3,7,11,13,16H,2,4-6,8-10,12H2,1H3,(H,18,21). The Morgan fingerprint density at radius 3 is 2.75 bits per heavy atom. The molecule has 2 aliphatic heterocycles. The number of carbonyl (C=O) groups excluding carboxylic acids is 1. The topological polar surface area (TPSA) is 96.3 Å². The number of nitrogens with zero attached hydrogens (tertiary/aromatic N) is 3. The first-order chi connectivity index (χ1) is 11.4. The fourth-order valence-corrected chi connectivity index (χ4v) is 4.52. The Balaban J connectivity index is 1.74. The van der Waals surface area contributed by atoms with Gasteiger partial charge in [-0.25, -0.2) is 12.7 Å². The molecule has 0 spiro atoms.